The van der Waals surface area contributed by atoms with Crippen LogP contribution in [0.15, 0.2) is 146 Å². The lowest BCUT2D eigenvalue weighted by Gasteiger charge is -2.21. The van der Waals surface area contributed by atoms with Gasteiger partial charge in [-0.1, -0.05) is 314 Å². The van der Waals surface area contributed by atoms with Gasteiger partial charge in [0.1, 0.15) is 25.4 Å². The molecule has 16 nitrogen and oxygen atoms in total. The van der Waals surface area contributed by atoms with Gasteiger partial charge in [-0.25, -0.2) is 9.13 Å². The number of aliphatic hydroxyl groups excluding tert-OH is 2. The molecular formula is C87H148O16P2. The molecule has 0 amide bonds. The van der Waals surface area contributed by atoms with Crippen molar-refractivity contribution in [2.45, 2.75) is 347 Å². The first kappa shape index (κ1) is 100. The highest BCUT2D eigenvalue weighted by Crippen LogP contribution is 2.45. The molecule has 0 rings (SSSR count). The highest BCUT2D eigenvalue weighted by molar-refractivity contribution is 7.47. The Morgan fingerprint density at radius 2 is 0.524 bits per heavy atom. The summed E-state index contributed by atoms with van der Waals surface area (Å²) in [6.45, 7) is 2.45. The van der Waals surface area contributed by atoms with Crippen molar-refractivity contribution in [1.82, 2.24) is 0 Å². The van der Waals surface area contributed by atoms with Crippen LogP contribution in [0.5, 0.6) is 0 Å². The summed E-state index contributed by atoms with van der Waals surface area (Å²) in [7, 11) is -9.80. The van der Waals surface area contributed by atoms with Crippen molar-refractivity contribution in [2.75, 3.05) is 39.6 Å². The average molecular weight is 1510 g/mol. The monoisotopic (exact) mass is 1510 g/mol. The maximum absolute atomic E-state index is 12.9. The van der Waals surface area contributed by atoms with Crippen LogP contribution in [0.1, 0.15) is 329 Å². The molecule has 0 saturated carbocycles. The summed E-state index contributed by atoms with van der Waals surface area (Å²) in [6.07, 6.45) is 97.6. The van der Waals surface area contributed by atoms with Crippen LogP contribution in [0.25, 0.3) is 0 Å². The Morgan fingerprint density at radius 3 is 0.838 bits per heavy atom. The van der Waals surface area contributed by atoms with Gasteiger partial charge in [0, 0.05) is 19.3 Å². The normalized spacial score (nSPS) is 14.7. The predicted molar refractivity (Wildman–Crippen MR) is 436 cm³/mol. The molecule has 0 heterocycles. The van der Waals surface area contributed by atoms with E-state index in [4.69, 9.17) is 32.3 Å². The van der Waals surface area contributed by atoms with Crippen molar-refractivity contribution in [3.05, 3.63) is 146 Å². The van der Waals surface area contributed by atoms with E-state index in [0.29, 0.717) is 19.3 Å². The summed E-state index contributed by atoms with van der Waals surface area (Å²) in [4.78, 5) is 58.7. The van der Waals surface area contributed by atoms with E-state index in [2.05, 4.69) is 167 Å². The lowest BCUT2D eigenvalue weighted by atomic mass is 10.0. The molecule has 18 heteroatoms. The Labute approximate surface area is 638 Å². The van der Waals surface area contributed by atoms with Gasteiger partial charge in [-0.3, -0.25) is 32.5 Å². The minimum absolute atomic E-state index is 0.0810. The van der Waals surface area contributed by atoms with Gasteiger partial charge in [0.05, 0.1) is 26.4 Å². The van der Waals surface area contributed by atoms with Crippen LogP contribution in [-0.2, 0) is 55.8 Å². The molecule has 0 aliphatic carbocycles. The molecule has 0 radical (unpaired) electrons. The van der Waals surface area contributed by atoms with Gasteiger partial charge in [0.15, 0.2) is 6.10 Å². The van der Waals surface area contributed by atoms with Gasteiger partial charge in [0.25, 0.3) is 0 Å². The standard InChI is InChI=1S/C87H148O16P2/c1-4-7-10-13-16-19-22-25-27-29-31-33-35-37-38-39-40-41-42-44-46-47-49-51-53-56-58-61-64-67-70-73-85(90)97-76-82(88)77-99-104(93,94)100-78-83(89)79-101-105(95,96)102-81-84(103-87(92)75-72-69-66-63-60-55-24-21-18-15-12-9-6-3)80-98-86(91)74-71-68-65-62-59-57-54-52-50-48-45-43-36-34-32-30-28-26-23-20-17-14-11-8-5-2/h8,11-12,15-17,19-21,24-28,31-34,37-38,43,45,50,52,82-84,88-89H,4-7,9-10,13-14,18,22-23,29-30,35-36,39-42,44,46-49,51,53-81H2,1-3H3,(H,93,94)(H,95,96)/b11-8-,15-12-,19-16-,20-17-,24-21-,27-25-,28-26-,33-31-,34-32-,38-37-,45-43-,52-50-. The van der Waals surface area contributed by atoms with Crippen molar-refractivity contribution < 1.29 is 75.8 Å². The Hall–Kier alpha value is -4.57. The molecule has 0 aromatic heterocycles. The Kier molecular flexibility index (Phi) is 75.6. The van der Waals surface area contributed by atoms with E-state index in [9.17, 15) is 43.5 Å². The lowest BCUT2D eigenvalue weighted by molar-refractivity contribution is -0.161. The number of carbonyl (C=O) groups excluding carboxylic acids is 3. The zero-order valence-corrected chi connectivity index (χ0v) is 67.6. The summed E-state index contributed by atoms with van der Waals surface area (Å²) < 4.78 is 61.1. The molecule has 0 aromatic rings. The number of allylic oxidation sites excluding steroid dienone is 24. The first-order chi connectivity index (χ1) is 51.2. The fourth-order valence-electron chi connectivity index (χ4n) is 10.8. The van der Waals surface area contributed by atoms with Gasteiger partial charge in [-0.15, -0.1) is 0 Å². The predicted octanol–water partition coefficient (Wildman–Crippen LogP) is 24.4. The minimum atomic E-state index is -4.94. The molecule has 105 heavy (non-hydrogen) atoms. The number of esters is 3. The number of carbonyl (C=O) groups is 3. The summed E-state index contributed by atoms with van der Waals surface area (Å²) in [5.74, 6) is -1.61. The van der Waals surface area contributed by atoms with Crippen LogP contribution < -0.4 is 0 Å². The number of hydrogen-bond donors (Lipinski definition) is 4. The number of hydrogen-bond acceptors (Lipinski definition) is 14. The second-order valence-corrected chi connectivity index (χ2v) is 30.1. The number of rotatable bonds is 77. The fraction of sp³-hybridized carbons (Fsp3) is 0.690. The quantitative estimate of drug-likeness (QED) is 0.0146. The van der Waals surface area contributed by atoms with Crippen LogP contribution in [0, 0.1) is 0 Å². The summed E-state index contributed by atoms with van der Waals surface area (Å²) in [5.41, 5.74) is 0. The van der Waals surface area contributed by atoms with Crippen LogP contribution in [0.4, 0.5) is 0 Å². The van der Waals surface area contributed by atoms with E-state index >= 15 is 0 Å². The molecule has 0 aromatic carbocycles. The Morgan fingerprint density at radius 1 is 0.276 bits per heavy atom. The van der Waals surface area contributed by atoms with E-state index in [1.165, 1.54) is 103 Å². The van der Waals surface area contributed by atoms with Gasteiger partial charge >= 0.3 is 33.6 Å². The average Bonchev–Trinajstić information content (AvgIpc) is 0.914. The van der Waals surface area contributed by atoms with Gasteiger partial charge in [0.2, 0.25) is 0 Å². The first-order valence-electron chi connectivity index (χ1n) is 41.1. The number of aliphatic hydroxyl groups is 2. The molecule has 0 aliphatic heterocycles. The zero-order valence-electron chi connectivity index (χ0n) is 65.9. The van der Waals surface area contributed by atoms with Crippen LogP contribution >= 0.6 is 15.6 Å². The van der Waals surface area contributed by atoms with Crippen molar-refractivity contribution in [2.24, 2.45) is 0 Å². The third-order valence-electron chi connectivity index (χ3n) is 17.0. The first-order valence-corrected chi connectivity index (χ1v) is 44.1. The molecule has 5 atom stereocenters. The minimum Gasteiger partial charge on any atom is -0.463 e. The molecule has 0 bridgehead atoms. The molecule has 0 aliphatic rings. The Bertz CT molecular complexity index is 2490. The largest absolute Gasteiger partial charge is 0.472 e. The van der Waals surface area contributed by atoms with Crippen LogP contribution in [-0.4, -0.2) is 95.9 Å². The fourth-order valence-corrected chi connectivity index (χ4v) is 12.4. The molecule has 4 N–H and O–H groups in total. The van der Waals surface area contributed by atoms with E-state index in [-0.39, 0.29) is 19.3 Å². The third-order valence-corrected chi connectivity index (χ3v) is 18.9. The second-order valence-electron chi connectivity index (χ2n) is 27.2. The number of phosphoric ester groups is 2. The summed E-state index contributed by atoms with van der Waals surface area (Å²) in [5, 5.41) is 20.6. The van der Waals surface area contributed by atoms with E-state index in [1.54, 1.807) is 0 Å². The van der Waals surface area contributed by atoms with Crippen molar-refractivity contribution >= 4 is 33.6 Å². The zero-order chi connectivity index (χ0) is 76.6. The summed E-state index contributed by atoms with van der Waals surface area (Å²) >= 11 is 0. The van der Waals surface area contributed by atoms with Crippen LogP contribution in [0.2, 0.25) is 0 Å². The number of ether oxygens (including phenoxy) is 3. The second kappa shape index (κ2) is 79.0. The van der Waals surface area contributed by atoms with E-state index in [1.807, 2.05) is 0 Å². The molecular weight excluding hydrogens is 1360 g/mol. The smallest absolute Gasteiger partial charge is 0.463 e. The SMILES string of the molecule is CC/C=C\C/C=C\C/C=C\C/C=C\C/C=C\C/C=C\CCCCCCCCC(=O)OCC(COP(=O)(O)OCC(O)COP(=O)(O)OCC(O)COC(=O)CCCCCCCCCCCCCCCCC/C=C\C/C=C\C/C=C\C/C=C\CCCCC)OC(=O)CCCCCCC/C=C\C/C=C\CCC. The van der Waals surface area contributed by atoms with E-state index < -0.39 is 91.5 Å². The summed E-state index contributed by atoms with van der Waals surface area (Å²) in [6, 6.07) is 0. The maximum Gasteiger partial charge on any atom is 0.472 e. The molecule has 0 spiro atoms. The number of phosphoric acid groups is 2. The third kappa shape index (κ3) is 80.3. The van der Waals surface area contributed by atoms with Crippen LogP contribution in [0.3, 0.4) is 0 Å². The molecule has 0 saturated heterocycles. The number of unbranched alkanes of at least 4 members (excludes halogenated alkanes) is 30. The van der Waals surface area contributed by atoms with E-state index in [0.717, 1.165) is 167 Å². The highest BCUT2D eigenvalue weighted by atomic mass is 31.2. The van der Waals surface area contributed by atoms with Crippen molar-refractivity contribution in [3.63, 3.8) is 0 Å². The topological polar surface area (TPSA) is 231 Å². The van der Waals surface area contributed by atoms with Crippen molar-refractivity contribution in [1.29, 1.82) is 0 Å². The lowest BCUT2D eigenvalue weighted by Crippen LogP contribution is -2.30. The van der Waals surface area contributed by atoms with Gasteiger partial charge < -0.3 is 34.2 Å². The maximum atomic E-state index is 12.9. The molecule has 602 valence electrons. The van der Waals surface area contributed by atoms with Gasteiger partial charge in [-0.05, 0) is 141 Å². The highest BCUT2D eigenvalue weighted by Gasteiger charge is 2.29. The molecule has 5 unspecified atom stereocenters. The molecule has 0 fully saturated rings. The Balaban J connectivity index is 4.48. The van der Waals surface area contributed by atoms with Gasteiger partial charge in [-0.2, -0.15) is 0 Å². The van der Waals surface area contributed by atoms with Crippen molar-refractivity contribution in [3.8, 4) is 0 Å².